The number of fused-ring (bicyclic) bond motifs is 1. The van der Waals surface area contributed by atoms with Gasteiger partial charge in [0.05, 0.1) is 6.42 Å². The highest BCUT2D eigenvalue weighted by atomic mass is 16.1. The lowest BCUT2D eigenvalue weighted by Gasteiger charge is -2.00. The van der Waals surface area contributed by atoms with Gasteiger partial charge in [0.1, 0.15) is 5.82 Å². The Morgan fingerprint density at radius 1 is 1.50 bits per heavy atom. The number of anilines is 2. The quantitative estimate of drug-likeness (QED) is 0.559. The van der Waals surface area contributed by atoms with Gasteiger partial charge in [-0.15, -0.1) is 0 Å². The van der Waals surface area contributed by atoms with E-state index in [1.807, 2.05) is 6.92 Å². The Balaban J connectivity index is 2.59. The molecule has 0 saturated heterocycles. The van der Waals surface area contributed by atoms with Gasteiger partial charge < -0.3 is 11.1 Å². The van der Waals surface area contributed by atoms with Crippen molar-refractivity contribution in [3.63, 3.8) is 0 Å². The summed E-state index contributed by atoms with van der Waals surface area (Å²) in [7, 11) is 0. The third-order valence-electron chi connectivity index (χ3n) is 1.83. The van der Waals surface area contributed by atoms with Crippen molar-refractivity contribution < 1.29 is 4.79 Å². The Morgan fingerprint density at radius 2 is 2.25 bits per heavy atom. The Labute approximate surface area is 69.0 Å². The number of amides is 1. The summed E-state index contributed by atoms with van der Waals surface area (Å²) in [5.74, 6) is 0.714. The second kappa shape index (κ2) is 2.17. The lowest BCUT2D eigenvalue weighted by atomic mass is 10.2. The molecule has 0 saturated carbocycles. The molecule has 1 aliphatic heterocycles. The second-order valence-electron chi connectivity index (χ2n) is 2.72. The Morgan fingerprint density at radius 3 is 3.00 bits per heavy atom. The molecule has 0 aliphatic carbocycles. The molecule has 0 bridgehead atoms. The summed E-state index contributed by atoms with van der Waals surface area (Å²) in [6.45, 7) is 1.82. The van der Waals surface area contributed by atoms with Crippen molar-refractivity contribution in [1.82, 2.24) is 9.97 Å². The molecular weight excluding hydrogens is 156 g/mol. The first-order valence-electron chi connectivity index (χ1n) is 3.59. The number of nitrogens with zero attached hydrogens (tertiary/aromatic N) is 2. The first kappa shape index (κ1) is 7.02. The summed E-state index contributed by atoms with van der Waals surface area (Å²) in [6.07, 6.45) is 0.363. The van der Waals surface area contributed by atoms with Crippen molar-refractivity contribution in [2.45, 2.75) is 13.3 Å². The molecule has 0 unspecified atom stereocenters. The van der Waals surface area contributed by atoms with Gasteiger partial charge >= 0.3 is 0 Å². The van der Waals surface area contributed by atoms with Gasteiger partial charge in [-0.3, -0.25) is 4.79 Å². The van der Waals surface area contributed by atoms with Gasteiger partial charge in [-0.25, -0.2) is 4.98 Å². The molecule has 5 heteroatoms. The molecule has 5 nitrogen and oxygen atoms in total. The molecule has 0 fully saturated rings. The van der Waals surface area contributed by atoms with Crippen LogP contribution >= 0.6 is 0 Å². The van der Waals surface area contributed by atoms with Crippen LogP contribution in [0.1, 0.15) is 11.3 Å². The topological polar surface area (TPSA) is 80.9 Å². The highest BCUT2D eigenvalue weighted by Crippen LogP contribution is 2.22. The van der Waals surface area contributed by atoms with E-state index in [1.165, 1.54) is 0 Å². The van der Waals surface area contributed by atoms with Crippen LogP contribution in [0.3, 0.4) is 0 Å². The standard InChI is InChI=1S/C7H8N4O/c1-3-4-2-5(12)10-6(4)11-7(8)9-3/h2H2,1H3,(H3,8,9,10,11,12). The predicted molar refractivity (Wildman–Crippen MR) is 43.5 cm³/mol. The zero-order valence-electron chi connectivity index (χ0n) is 6.59. The van der Waals surface area contributed by atoms with Crippen molar-refractivity contribution >= 4 is 17.7 Å². The molecular formula is C7H8N4O. The zero-order valence-corrected chi connectivity index (χ0v) is 6.59. The maximum absolute atomic E-state index is 10.9. The molecule has 3 N–H and O–H groups in total. The van der Waals surface area contributed by atoms with E-state index in [1.54, 1.807) is 0 Å². The van der Waals surface area contributed by atoms with Gasteiger partial charge in [-0.05, 0) is 6.92 Å². The molecule has 62 valence electrons. The van der Waals surface area contributed by atoms with Crippen molar-refractivity contribution in [1.29, 1.82) is 0 Å². The third kappa shape index (κ3) is 0.903. The van der Waals surface area contributed by atoms with Crippen molar-refractivity contribution in [3.05, 3.63) is 11.3 Å². The van der Waals surface area contributed by atoms with E-state index in [2.05, 4.69) is 15.3 Å². The number of hydrogen-bond donors (Lipinski definition) is 2. The average Bonchev–Trinajstić information content (AvgIpc) is 2.29. The van der Waals surface area contributed by atoms with E-state index in [0.717, 1.165) is 11.3 Å². The number of nitrogens with two attached hydrogens (primary N) is 1. The normalized spacial score (nSPS) is 14.2. The maximum Gasteiger partial charge on any atom is 0.230 e. The highest BCUT2D eigenvalue weighted by molar-refractivity contribution is 5.98. The van der Waals surface area contributed by atoms with Crippen LogP contribution in [0.2, 0.25) is 0 Å². The van der Waals surface area contributed by atoms with Crippen LogP contribution in [0, 0.1) is 6.92 Å². The van der Waals surface area contributed by atoms with Crippen molar-refractivity contribution in [2.75, 3.05) is 11.1 Å². The monoisotopic (exact) mass is 164 g/mol. The summed E-state index contributed by atoms with van der Waals surface area (Å²) in [4.78, 5) is 18.8. The molecule has 1 aliphatic rings. The fourth-order valence-corrected chi connectivity index (χ4v) is 1.27. The maximum atomic E-state index is 10.9. The second-order valence-corrected chi connectivity index (χ2v) is 2.72. The van der Waals surface area contributed by atoms with Crippen LogP contribution in [-0.4, -0.2) is 15.9 Å². The Hall–Kier alpha value is -1.65. The zero-order chi connectivity index (χ0) is 8.72. The predicted octanol–water partition coefficient (Wildman–Crippen LogP) is -0.138. The number of carbonyl (C=O) groups excluding carboxylic acids is 1. The fraction of sp³-hybridized carbons (Fsp3) is 0.286. The molecule has 1 aromatic heterocycles. The first-order chi connectivity index (χ1) is 5.66. The molecule has 1 amide bonds. The SMILES string of the molecule is Cc1nc(N)nc2c1CC(=O)N2. The van der Waals surface area contributed by atoms with Gasteiger partial charge in [0.2, 0.25) is 11.9 Å². The van der Waals surface area contributed by atoms with E-state index in [4.69, 9.17) is 5.73 Å². The molecule has 0 aromatic carbocycles. The lowest BCUT2D eigenvalue weighted by Crippen LogP contribution is -2.05. The van der Waals surface area contributed by atoms with Gasteiger partial charge in [0, 0.05) is 11.3 Å². The van der Waals surface area contributed by atoms with Crippen molar-refractivity contribution in [2.24, 2.45) is 0 Å². The molecule has 2 rings (SSSR count). The van der Waals surface area contributed by atoms with Crippen LogP contribution in [-0.2, 0) is 11.2 Å². The van der Waals surface area contributed by atoms with Gasteiger partial charge in [0.15, 0.2) is 0 Å². The van der Waals surface area contributed by atoms with Crippen LogP contribution in [0.25, 0.3) is 0 Å². The van der Waals surface area contributed by atoms with Crippen LogP contribution in [0.15, 0.2) is 0 Å². The minimum Gasteiger partial charge on any atom is -0.368 e. The number of aromatic nitrogens is 2. The minimum absolute atomic E-state index is 0.0481. The Kier molecular flexibility index (Phi) is 1.27. The smallest absolute Gasteiger partial charge is 0.230 e. The third-order valence-corrected chi connectivity index (χ3v) is 1.83. The number of nitrogen functional groups attached to an aromatic ring is 1. The average molecular weight is 164 g/mol. The molecule has 0 atom stereocenters. The molecule has 0 radical (unpaired) electrons. The van der Waals surface area contributed by atoms with E-state index < -0.39 is 0 Å². The van der Waals surface area contributed by atoms with Crippen LogP contribution < -0.4 is 11.1 Å². The first-order valence-corrected chi connectivity index (χ1v) is 3.59. The van der Waals surface area contributed by atoms with Crippen LogP contribution in [0.4, 0.5) is 11.8 Å². The van der Waals surface area contributed by atoms with Gasteiger partial charge in [-0.2, -0.15) is 4.98 Å². The van der Waals surface area contributed by atoms with E-state index in [9.17, 15) is 4.79 Å². The lowest BCUT2D eigenvalue weighted by molar-refractivity contribution is -0.115. The number of hydrogen-bond acceptors (Lipinski definition) is 4. The largest absolute Gasteiger partial charge is 0.368 e. The van der Waals surface area contributed by atoms with E-state index in [-0.39, 0.29) is 11.9 Å². The summed E-state index contributed by atoms with van der Waals surface area (Å²) < 4.78 is 0. The highest BCUT2D eigenvalue weighted by Gasteiger charge is 2.21. The summed E-state index contributed by atoms with van der Waals surface area (Å²) in [6, 6.07) is 0. The molecule has 2 heterocycles. The number of nitrogens with one attached hydrogen (secondary N) is 1. The fourth-order valence-electron chi connectivity index (χ4n) is 1.27. The molecule has 12 heavy (non-hydrogen) atoms. The summed E-state index contributed by atoms with van der Waals surface area (Å²) >= 11 is 0. The molecule has 0 spiro atoms. The molecule has 1 aromatic rings. The van der Waals surface area contributed by atoms with Crippen LogP contribution in [0.5, 0.6) is 0 Å². The van der Waals surface area contributed by atoms with E-state index >= 15 is 0 Å². The number of carbonyl (C=O) groups is 1. The number of aryl methyl sites for hydroxylation is 1. The minimum atomic E-state index is -0.0481. The van der Waals surface area contributed by atoms with Gasteiger partial charge in [-0.1, -0.05) is 0 Å². The van der Waals surface area contributed by atoms with Crippen molar-refractivity contribution in [3.8, 4) is 0 Å². The Bertz CT molecular complexity index is 361. The summed E-state index contributed by atoms with van der Waals surface area (Å²) in [5.41, 5.74) is 7.03. The number of rotatable bonds is 0. The van der Waals surface area contributed by atoms with E-state index in [0.29, 0.717) is 12.2 Å². The summed E-state index contributed by atoms with van der Waals surface area (Å²) in [5, 5.41) is 2.61. The van der Waals surface area contributed by atoms with Gasteiger partial charge in [0.25, 0.3) is 0 Å².